The van der Waals surface area contributed by atoms with Crippen LogP contribution in [0.2, 0.25) is 0 Å². The number of hydrogen-bond acceptors (Lipinski definition) is 4. The van der Waals surface area contributed by atoms with Crippen molar-refractivity contribution in [2.24, 2.45) is 0 Å². The van der Waals surface area contributed by atoms with E-state index in [2.05, 4.69) is 0 Å². The summed E-state index contributed by atoms with van der Waals surface area (Å²) in [6.45, 7) is 4.12. The number of likely N-dealkylation sites (N-methyl/N-ethyl adjacent to an activating group) is 1. The number of benzene rings is 2. The molecule has 1 saturated heterocycles. The average Bonchev–Trinajstić information content (AvgIpc) is 3.05. The molecule has 6 heteroatoms. The Bertz CT molecular complexity index is 1020. The smallest absolute Gasteiger partial charge is 0.290 e. The Labute approximate surface area is 157 Å². The maximum atomic E-state index is 12.9. The minimum atomic E-state index is -0.283. The van der Waals surface area contributed by atoms with Crippen molar-refractivity contribution in [2.75, 3.05) is 39.9 Å². The zero-order valence-electron chi connectivity index (χ0n) is 15.5. The molecule has 0 spiro atoms. The molecule has 0 bridgehead atoms. The highest BCUT2D eigenvalue weighted by atomic mass is 16.5. The summed E-state index contributed by atoms with van der Waals surface area (Å²) in [5, 5.41) is 2.96. The topological polar surface area (TPSA) is 63.0 Å². The van der Waals surface area contributed by atoms with Crippen LogP contribution in [0.25, 0.3) is 21.7 Å². The van der Waals surface area contributed by atoms with Crippen LogP contribution in [0, 0.1) is 6.92 Å². The van der Waals surface area contributed by atoms with Crippen molar-refractivity contribution in [3.63, 3.8) is 0 Å². The standard InChI is InChI=1S/C21H22N2O4/c1-14-16-8-7-15-5-3-4-6-17(15)20(16)27-19(14)21(25)22(2)13-18(24)23-9-11-26-12-10-23/h3-8H,9-13H2,1-2H3. The number of morpholine rings is 1. The highest BCUT2D eigenvalue weighted by Gasteiger charge is 2.25. The minimum Gasteiger partial charge on any atom is -0.450 e. The van der Waals surface area contributed by atoms with Gasteiger partial charge in [0.15, 0.2) is 5.76 Å². The van der Waals surface area contributed by atoms with E-state index in [-0.39, 0.29) is 18.4 Å². The molecule has 0 N–H and O–H groups in total. The Morgan fingerprint density at radius 2 is 1.81 bits per heavy atom. The summed E-state index contributed by atoms with van der Waals surface area (Å²) in [7, 11) is 1.63. The van der Waals surface area contributed by atoms with Crippen molar-refractivity contribution >= 4 is 33.6 Å². The summed E-state index contributed by atoms with van der Waals surface area (Å²) >= 11 is 0. The van der Waals surface area contributed by atoms with Crippen LogP contribution in [0.4, 0.5) is 0 Å². The van der Waals surface area contributed by atoms with E-state index in [1.807, 2.05) is 43.3 Å². The molecule has 140 valence electrons. The van der Waals surface area contributed by atoms with E-state index in [1.165, 1.54) is 4.90 Å². The number of furan rings is 1. The predicted octanol–water partition coefficient (Wildman–Crippen LogP) is 2.83. The van der Waals surface area contributed by atoms with Gasteiger partial charge in [0.05, 0.1) is 19.8 Å². The number of carbonyl (C=O) groups is 2. The van der Waals surface area contributed by atoms with E-state index in [1.54, 1.807) is 11.9 Å². The van der Waals surface area contributed by atoms with Gasteiger partial charge in [0.25, 0.3) is 5.91 Å². The molecule has 0 atom stereocenters. The molecule has 1 fully saturated rings. The first-order chi connectivity index (χ1) is 13.1. The SMILES string of the molecule is Cc1c(C(=O)N(C)CC(=O)N2CCOCC2)oc2c1ccc1ccccc12. The molecule has 27 heavy (non-hydrogen) atoms. The van der Waals surface area contributed by atoms with E-state index >= 15 is 0 Å². The van der Waals surface area contributed by atoms with Gasteiger partial charge in [-0.05, 0) is 12.3 Å². The van der Waals surface area contributed by atoms with E-state index < -0.39 is 0 Å². The monoisotopic (exact) mass is 366 g/mol. The summed E-state index contributed by atoms with van der Waals surface area (Å²) in [5.74, 6) is -0.0682. The third kappa shape index (κ3) is 3.17. The number of hydrogen-bond donors (Lipinski definition) is 0. The molecule has 0 aliphatic carbocycles. The van der Waals surface area contributed by atoms with Crippen LogP contribution in [-0.4, -0.2) is 61.5 Å². The second kappa shape index (κ2) is 7.04. The van der Waals surface area contributed by atoms with Gasteiger partial charge in [-0.15, -0.1) is 0 Å². The van der Waals surface area contributed by atoms with Gasteiger partial charge in [-0.2, -0.15) is 0 Å². The van der Waals surface area contributed by atoms with Gasteiger partial charge in [-0.25, -0.2) is 0 Å². The van der Waals surface area contributed by atoms with E-state index in [4.69, 9.17) is 9.15 Å². The average molecular weight is 366 g/mol. The number of rotatable bonds is 3. The molecule has 1 aliphatic rings. The van der Waals surface area contributed by atoms with Gasteiger partial charge in [-0.1, -0.05) is 36.4 Å². The molecule has 1 aliphatic heterocycles. The van der Waals surface area contributed by atoms with Gasteiger partial charge < -0.3 is 19.0 Å². The quantitative estimate of drug-likeness (QED) is 0.715. The van der Waals surface area contributed by atoms with Crippen LogP contribution in [-0.2, 0) is 9.53 Å². The van der Waals surface area contributed by atoms with Crippen molar-refractivity contribution in [3.8, 4) is 0 Å². The molecule has 0 unspecified atom stereocenters. The summed E-state index contributed by atoms with van der Waals surface area (Å²) in [4.78, 5) is 28.5. The molecule has 4 rings (SSSR count). The summed E-state index contributed by atoms with van der Waals surface area (Å²) in [6, 6.07) is 11.9. The first kappa shape index (κ1) is 17.5. The number of fused-ring (bicyclic) bond motifs is 3. The van der Waals surface area contributed by atoms with Gasteiger partial charge in [0.2, 0.25) is 5.91 Å². The van der Waals surface area contributed by atoms with Crippen LogP contribution in [0.3, 0.4) is 0 Å². The van der Waals surface area contributed by atoms with Gasteiger partial charge >= 0.3 is 0 Å². The van der Waals surface area contributed by atoms with Crippen molar-refractivity contribution in [2.45, 2.75) is 6.92 Å². The summed E-state index contributed by atoms with van der Waals surface area (Å²) in [6.07, 6.45) is 0. The van der Waals surface area contributed by atoms with Gasteiger partial charge in [0, 0.05) is 36.5 Å². The molecular formula is C21H22N2O4. The zero-order chi connectivity index (χ0) is 19.0. The lowest BCUT2D eigenvalue weighted by Crippen LogP contribution is -2.46. The van der Waals surface area contributed by atoms with Crippen LogP contribution < -0.4 is 0 Å². The van der Waals surface area contributed by atoms with E-state index in [0.717, 1.165) is 21.7 Å². The molecule has 6 nitrogen and oxygen atoms in total. The molecule has 2 aromatic carbocycles. The van der Waals surface area contributed by atoms with Crippen molar-refractivity contribution < 1.29 is 18.7 Å². The number of nitrogens with zero attached hydrogens (tertiary/aromatic N) is 2. The highest BCUT2D eigenvalue weighted by molar-refractivity contribution is 6.09. The first-order valence-electron chi connectivity index (χ1n) is 9.08. The van der Waals surface area contributed by atoms with E-state index in [9.17, 15) is 9.59 Å². The van der Waals surface area contributed by atoms with Gasteiger partial charge in [-0.3, -0.25) is 9.59 Å². The second-order valence-corrected chi connectivity index (χ2v) is 6.87. The second-order valence-electron chi connectivity index (χ2n) is 6.87. The molecule has 2 amide bonds. The molecule has 3 aromatic rings. The third-order valence-electron chi connectivity index (χ3n) is 5.11. The third-order valence-corrected chi connectivity index (χ3v) is 5.11. The number of aryl methyl sites for hydroxylation is 1. The number of amides is 2. The van der Waals surface area contributed by atoms with Crippen LogP contribution >= 0.6 is 0 Å². The zero-order valence-corrected chi connectivity index (χ0v) is 15.5. The maximum Gasteiger partial charge on any atom is 0.290 e. The van der Waals surface area contributed by atoms with Crippen molar-refractivity contribution in [3.05, 3.63) is 47.7 Å². The molecule has 0 saturated carbocycles. The van der Waals surface area contributed by atoms with E-state index in [0.29, 0.717) is 37.6 Å². The van der Waals surface area contributed by atoms with Crippen molar-refractivity contribution in [1.82, 2.24) is 9.80 Å². The Kier molecular flexibility index (Phi) is 4.58. The van der Waals surface area contributed by atoms with Crippen LogP contribution in [0.1, 0.15) is 16.1 Å². The number of ether oxygens (including phenoxy) is 1. The molecule has 0 radical (unpaired) electrons. The summed E-state index contributed by atoms with van der Waals surface area (Å²) in [5.41, 5.74) is 1.51. The Morgan fingerprint density at radius 1 is 1.07 bits per heavy atom. The van der Waals surface area contributed by atoms with Gasteiger partial charge in [0.1, 0.15) is 5.58 Å². The maximum absolute atomic E-state index is 12.9. The Morgan fingerprint density at radius 3 is 2.59 bits per heavy atom. The molecule has 1 aromatic heterocycles. The Balaban J connectivity index is 1.61. The summed E-state index contributed by atoms with van der Waals surface area (Å²) < 4.78 is 11.3. The minimum absolute atomic E-state index is 0.0239. The molecular weight excluding hydrogens is 344 g/mol. The normalized spacial score (nSPS) is 14.7. The van der Waals surface area contributed by atoms with Crippen LogP contribution in [0.5, 0.6) is 0 Å². The lowest BCUT2D eigenvalue weighted by molar-refractivity contribution is -0.135. The fraction of sp³-hybridized carbons (Fsp3) is 0.333. The lowest BCUT2D eigenvalue weighted by atomic mass is 10.1. The predicted molar refractivity (Wildman–Crippen MR) is 103 cm³/mol. The fourth-order valence-electron chi connectivity index (χ4n) is 3.51. The fourth-order valence-corrected chi connectivity index (χ4v) is 3.51. The number of carbonyl (C=O) groups excluding carboxylic acids is 2. The first-order valence-corrected chi connectivity index (χ1v) is 9.08. The van der Waals surface area contributed by atoms with Crippen molar-refractivity contribution in [1.29, 1.82) is 0 Å². The Hall–Kier alpha value is -2.86. The highest BCUT2D eigenvalue weighted by Crippen LogP contribution is 2.32. The largest absolute Gasteiger partial charge is 0.450 e. The lowest BCUT2D eigenvalue weighted by Gasteiger charge is -2.28. The van der Waals surface area contributed by atoms with Crippen LogP contribution in [0.15, 0.2) is 40.8 Å². The molecule has 2 heterocycles.